The minimum absolute atomic E-state index is 0.0547. The van der Waals surface area contributed by atoms with Crippen LogP contribution < -0.4 is 10.6 Å². The lowest BCUT2D eigenvalue weighted by molar-refractivity contribution is -0.137. The van der Waals surface area contributed by atoms with Gasteiger partial charge in [-0.3, -0.25) is 4.79 Å². The Balaban J connectivity index is 2.13. The molecule has 100 valence electrons. The van der Waals surface area contributed by atoms with E-state index in [0.29, 0.717) is 25.1 Å². The number of urea groups is 1. The third kappa shape index (κ3) is 5.93. The summed E-state index contributed by atoms with van der Waals surface area (Å²) >= 11 is 0. The maximum absolute atomic E-state index is 11.5. The molecule has 0 fully saturated rings. The molecule has 0 aliphatic heterocycles. The lowest BCUT2D eigenvalue weighted by Gasteiger charge is -2.13. The van der Waals surface area contributed by atoms with Crippen LogP contribution in [0.3, 0.4) is 0 Å². The largest absolute Gasteiger partial charge is 0.481 e. The Kier molecular flexibility index (Phi) is 5.76. The molecule has 6 heteroatoms. The standard InChI is InChI=1S/C12H18N2O4/c1-9(4-2-6-11(15)16)14-12(17)13-8-10-5-3-7-18-10/h3,5,7,9H,2,4,6,8H2,1H3,(H,15,16)(H2,13,14,17). The Morgan fingerprint density at radius 3 is 2.89 bits per heavy atom. The van der Waals surface area contributed by atoms with E-state index in [9.17, 15) is 9.59 Å². The third-order valence-corrected chi connectivity index (χ3v) is 2.41. The molecule has 0 radical (unpaired) electrons. The van der Waals surface area contributed by atoms with Crippen molar-refractivity contribution >= 4 is 12.0 Å². The van der Waals surface area contributed by atoms with Gasteiger partial charge in [0.05, 0.1) is 12.8 Å². The molecule has 1 heterocycles. The van der Waals surface area contributed by atoms with Gasteiger partial charge in [-0.15, -0.1) is 0 Å². The molecule has 2 amide bonds. The van der Waals surface area contributed by atoms with Crippen molar-refractivity contribution in [1.29, 1.82) is 0 Å². The van der Waals surface area contributed by atoms with Crippen molar-refractivity contribution in [3.05, 3.63) is 24.2 Å². The monoisotopic (exact) mass is 254 g/mol. The molecule has 1 aromatic rings. The number of carboxylic acids is 1. The highest BCUT2D eigenvalue weighted by atomic mass is 16.4. The minimum atomic E-state index is -0.815. The van der Waals surface area contributed by atoms with Gasteiger partial charge in [0.25, 0.3) is 0 Å². The molecule has 1 atom stereocenters. The topological polar surface area (TPSA) is 91.6 Å². The molecule has 0 aliphatic carbocycles. The first-order chi connectivity index (χ1) is 8.58. The van der Waals surface area contributed by atoms with E-state index in [2.05, 4.69) is 10.6 Å². The number of aliphatic carboxylic acids is 1. The summed E-state index contributed by atoms with van der Waals surface area (Å²) in [7, 11) is 0. The van der Waals surface area contributed by atoms with Gasteiger partial charge in [0.2, 0.25) is 0 Å². The molecule has 3 N–H and O–H groups in total. The van der Waals surface area contributed by atoms with Crippen molar-refractivity contribution in [3.63, 3.8) is 0 Å². The molecule has 0 bridgehead atoms. The van der Waals surface area contributed by atoms with Gasteiger partial charge < -0.3 is 20.2 Å². The average molecular weight is 254 g/mol. The lowest BCUT2D eigenvalue weighted by Crippen LogP contribution is -2.40. The average Bonchev–Trinajstić information content (AvgIpc) is 2.78. The first-order valence-electron chi connectivity index (χ1n) is 5.86. The van der Waals surface area contributed by atoms with Crippen LogP contribution in [0.2, 0.25) is 0 Å². The van der Waals surface area contributed by atoms with Gasteiger partial charge in [0.15, 0.2) is 0 Å². The fraction of sp³-hybridized carbons (Fsp3) is 0.500. The Labute approximate surface area is 105 Å². The van der Waals surface area contributed by atoms with Crippen LogP contribution >= 0.6 is 0 Å². The summed E-state index contributed by atoms with van der Waals surface area (Å²) < 4.78 is 5.07. The predicted octanol–water partition coefficient (Wildman–Crippen LogP) is 1.72. The number of amides is 2. The Morgan fingerprint density at radius 1 is 1.50 bits per heavy atom. The van der Waals surface area contributed by atoms with Gasteiger partial charge in [-0.05, 0) is 31.9 Å². The number of hydrogen-bond acceptors (Lipinski definition) is 3. The second-order valence-electron chi connectivity index (χ2n) is 4.09. The molecule has 18 heavy (non-hydrogen) atoms. The lowest BCUT2D eigenvalue weighted by atomic mass is 10.1. The van der Waals surface area contributed by atoms with E-state index >= 15 is 0 Å². The zero-order valence-electron chi connectivity index (χ0n) is 10.3. The molecule has 1 unspecified atom stereocenters. The van der Waals surface area contributed by atoms with Gasteiger partial charge >= 0.3 is 12.0 Å². The molecule has 6 nitrogen and oxygen atoms in total. The normalized spacial score (nSPS) is 11.8. The van der Waals surface area contributed by atoms with E-state index in [1.54, 1.807) is 18.4 Å². The third-order valence-electron chi connectivity index (χ3n) is 2.41. The van der Waals surface area contributed by atoms with E-state index in [4.69, 9.17) is 9.52 Å². The van der Waals surface area contributed by atoms with Crippen LogP contribution in [0.5, 0.6) is 0 Å². The summed E-state index contributed by atoms with van der Waals surface area (Å²) in [4.78, 5) is 21.8. The minimum Gasteiger partial charge on any atom is -0.481 e. The number of nitrogens with one attached hydrogen (secondary N) is 2. The van der Waals surface area contributed by atoms with Crippen LogP contribution in [-0.4, -0.2) is 23.1 Å². The quantitative estimate of drug-likeness (QED) is 0.691. The summed E-state index contributed by atoms with van der Waals surface area (Å²) in [5.41, 5.74) is 0. The van der Waals surface area contributed by atoms with E-state index < -0.39 is 5.97 Å². The highest BCUT2D eigenvalue weighted by Gasteiger charge is 2.08. The Hall–Kier alpha value is -1.98. The van der Waals surface area contributed by atoms with Crippen molar-refractivity contribution in [1.82, 2.24) is 10.6 Å². The van der Waals surface area contributed by atoms with Crippen molar-refractivity contribution in [2.75, 3.05) is 0 Å². The second-order valence-corrected chi connectivity index (χ2v) is 4.09. The summed E-state index contributed by atoms with van der Waals surface area (Å²) in [6.07, 6.45) is 2.86. The van der Waals surface area contributed by atoms with Crippen molar-refractivity contribution < 1.29 is 19.1 Å². The molecule has 1 aromatic heterocycles. The van der Waals surface area contributed by atoms with Crippen LogP contribution in [0.25, 0.3) is 0 Å². The van der Waals surface area contributed by atoms with Crippen molar-refractivity contribution in [2.45, 2.75) is 38.8 Å². The zero-order valence-corrected chi connectivity index (χ0v) is 10.3. The molecule has 0 aliphatic rings. The summed E-state index contributed by atoms with van der Waals surface area (Å²) in [5, 5.41) is 13.9. The maximum atomic E-state index is 11.5. The first kappa shape index (κ1) is 14.1. The van der Waals surface area contributed by atoms with Gasteiger partial charge in [-0.25, -0.2) is 4.79 Å². The Morgan fingerprint density at radius 2 is 2.28 bits per heavy atom. The van der Waals surface area contributed by atoms with Crippen LogP contribution in [0.15, 0.2) is 22.8 Å². The van der Waals surface area contributed by atoms with Crippen molar-refractivity contribution in [3.8, 4) is 0 Å². The smallest absolute Gasteiger partial charge is 0.315 e. The van der Waals surface area contributed by atoms with Crippen molar-refractivity contribution in [2.24, 2.45) is 0 Å². The van der Waals surface area contributed by atoms with Gasteiger partial charge in [0.1, 0.15) is 5.76 Å². The zero-order chi connectivity index (χ0) is 13.4. The first-order valence-corrected chi connectivity index (χ1v) is 5.86. The van der Waals surface area contributed by atoms with Gasteiger partial charge in [0, 0.05) is 12.5 Å². The number of hydrogen-bond donors (Lipinski definition) is 3. The van der Waals surface area contributed by atoms with Crippen LogP contribution in [0.4, 0.5) is 4.79 Å². The fourth-order valence-corrected chi connectivity index (χ4v) is 1.49. The fourth-order valence-electron chi connectivity index (χ4n) is 1.49. The molecule has 0 spiro atoms. The van der Waals surface area contributed by atoms with E-state index in [-0.39, 0.29) is 18.5 Å². The molecule has 0 aromatic carbocycles. The molecule has 1 rings (SSSR count). The van der Waals surface area contributed by atoms with Crippen LogP contribution in [-0.2, 0) is 11.3 Å². The maximum Gasteiger partial charge on any atom is 0.315 e. The number of carbonyl (C=O) groups excluding carboxylic acids is 1. The van der Waals surface area contributed by atoms with Crippen LogP contribution in [0, 0.1) is 0 Å². The summed E-state index contributed by atoms with van der Waals surface area (Å²) in [6.45, 7) is 2.18. The summed E-state index contributed by atoms with van der Waals surface area (Å²) in [6, 6.07) is 3.19. The molecule has 0 saturated heterocycles. The molecular formula is C12H18N2O4. The van der Waals surface area contributed by atoms with E-state index in [1.165, 1.54) is 0 Å². The van der Waals surface area contributed by atoms with Gasteiger partial charge in [-0.2, -0.15) is 0 Å². The number of carboxylic acid groups (broad SMARTS) is 1. The molecule has 0 saturated carbocycles. The Bertz CT molecular complexity index is 375. The second kappa shape index (κ2) is 7.37. The predicted molar refractivity (Wildman–Crippen MR) is 65.0 cm³/mol. The highest BCUT2D eigenvalue weighted by molar-refractivity contribution is 5.74. The highest BCUT2D eigenvalue weighted by Crippen LogP contribution is 2.01. The number of rotatable bonds is 7. The van der Waals surface area contributed by atoms with Crippen LogP contribution in [0.1, 0.15) is 31.9 Å². The molecular weight excluding hydrogens is 236 g/mol. The van der Waals surface area contributed by atoms with Gasteiger partial charge in [-0.1, -0.05) is 0 Å². The number of furan rings is 1. The van der Waals surface area contributed by atoms with E-state index in [0.717, 1.165) is 0 Å². The SMILES string of the molecule is CC(CCCC(=O)O)NC(=O)NCc1ccco1. The summed E-state index contributed by atoms with van der Waals surface area (Å²) in [5.74, 6) is -0.131. The number of carbonyl (C=O) groups is 2. The van der Waals surface area contributed by atoms with E-state index in [1.807, 2.05) is 6.92 Å².